The maximum atomic E-state index is 15.6. The molecule has 1 aromatic carbocycles. The fourth-order valence-electron chi connectivity index (χ4n) is 5.16. The van der Waals surface area contributed by atoms with Crippen LogP contribution in [0.5, 0.6) is 5.75 Å². The Kier molecular flexibility index (Phi) is 7.08. The Morgan fingerprint density at radius 1 is 1.08 bits per heavy atom. The molecule has 202 valence electrons. The monoisotopic (exact) mass is 535 g/mol. The number of fused-ring (bicyclic) bond motifs is 1. The number of benzene rings is 1. The van der Waals surface area contributed by atoms with E-state index in [0.29, 0.717) is 42.9 Å². The van der Waals surface area contributed by atoms with Crippen LogP contribution in [-0.2, 0) is 0 Å². The number of hydrogen-bond donors (Lipinski definition) is 3. The lowest BCUT2D eigenvalue weighted by atomic mass is 9.67. The van der Waals surface area contributed by atoms with Gasteiger partial charge in [0, 0.05) is 19.3 Å². The van der Waals surface area contributed by atoms with Crippen LogP contribution in [0.15, 0.2) is 41.3 Å². The molecule has 39 heavy (non-hydrogen) atoms. The Morgan fingerprint density at radius 3 is 2.44 bits per heavy atom. The number of aromatic hydroxyl groups is 1. The zero-order valence-electron chi connectivity index (χ0n) is 21.8. The van der Waals surface area contributed by atoms with E-state index < -0.39 is 41.4 Å². The number of halogens is 2. The molecule has 4 heterocycles. The molecular weight excluding hydrogens is 507 g/mol. The first-order valence-corrected chi connectivity index (χ1v) is 12.8. The third kappa shape index (κ3) is 4.74. The molecule has 0 bridgehead atoms. The Morgan fingerprint density at radius 2 is 1.79 bits per heavy atom. The van der Waals surface area contributed by atoms with Crippen molar-refractivity contribution in [1.82, 2.24) is 19.5 Å². The lowest BCUT2D eigenvalue weighted by Crippen LogP contribution is -2.39. The minimum Gasteiger partial charge on any atom is -0.507 e. The van der Waals surface area contributed by atoms with E-state index in [4.69, 9.17) is 0 Å². The van der Waals surface area contributed by atoms with Crippen molar-refractivity contribution >= 4 is 24.0 Å². The van der Waals surface area contributed by atoms with E-state index in [1.54, 1.807) is 17.2 Å². The zero-order valence-corrected chi connectivity index (χ0v) is 21.8. The molecular formula is C27H28BF2N5O4. The Hall–Kier alpha value is -3.90. The maximum Gasteiger partial charge on any atom is 0.454 e. The van der Waals surface area contributed by atoms with Gasteiger partial charge in [0.2, 0.25) is 0 Å². The second-order valence-corrected chi connectivity index (χ2v) is 10.1. The number of pyridine rings is 2. The average molecular weight is 535 g/mol. The fraction of sp³-hybridized carbons (Fsp3) is 0.333. The molecule has 1 saturated heterocycles. The molecule has 1 aliphatic heterocycles. The highest BCUT2D eigenvalue weighted by molar-refractivity contribution is 6.43. The molecule has 3 aromatic heterocycles. The number of phenols is 1. The van der Waals surface area contributed by atoms with E-state index >= 15 is 4.39 Å². The molecule has 4 aromatic rings. The molecule has 3 N–H and O–H groups in total. The summed E-state index contributed by atoms with van der Waals surface area (Å²) in [6.45, 7) is 6.38. The number of aryl methyl sites for hydroxylation is 1. The summed E-state index contributed by atoms with van der Waals surface area (Å²) in [5, 5.41) is 29.8. The molecule has 0 amide bonds. The first-order chi connectivity index (χ1) is 18.6. The second-order valence-electron chi connectivity index (χ2n) is 10.1. The van der Waals surface area contributed by atoms with E-state index in [1.807, 2.05) is 20.8 Å². The van der Waals surface area contributed by atoms with Gasteiger partial charge in [0.1, 0.15) is 23.1 Å². The van der Waals surface area contributed by atoms with Gasteiger partial charge in [0.25, 0.3) is 0 Å². The maximum absolute atomic E-state index is 15.6. The van der Waals surface area contributed by atoms with Crippen molar-refractivity contribution in [3.63, 3.8) is 0 Å². The normalized spacial score (nSPS) is 14.4. The summed E-state index contributed by atoms with van der Waals surface area (Å²) in [6.07, 6.45) is 2.50. The third-order valence-corrected chi connectivity index (χ3v) is 7.22. The Labute approximate surface area is 223 Å². The van der Waals surface area contributed by atoms with Gasteiger partial charge in [-0.05, 0) is 61.3 Å². The van der Waals surface area contributed by atoms with Gasteiger partial charge < -0.3 is 20.1 Å². The lowest BCUT2D eigenvalue weighted by Gasteiger charge is -2.33. The van der Waals surface area contributed by atoms with Crippen molar-refractivity contribution in [2.24, 2.45) is 0 Å². The van der Waals surface area contributed by atoms with E-state index in [1.165, 1.54) is 16.7 Å². The van der Waals surface area contributed by atoms with Crippen molar-refractivity contribution in [2.45, 2.75) is 45.3 Å². The molecule has 1 aliphatic rings. The number of piperidine rings is 1. The van der Waals surface area contributed by atoms with Crippen LogP contribution < -0.4 is 10.6 Å². The summed E-state index contributed by atoms with van der Waals surface area (Å²) >= 11 is 0. The van der Waals surface area contributed by atoms with Crippen LogP contribution in [0, 0.1) is 18.6 Å². The number of nitrogens with zero attached hydrogens (tertiary/aromatic N) is 5. The summed E-state index contributed by atoms with van der Waals surface area (Å²) in [7, 11) is -1.46. The topological polar surface area (TPSA) is 125 Å². The number of rotatable bonds is 5. The van der Waals surface area contributed by atoms with Gasteiger partial charge in [-0.15, -0.1) is 0 Å². The van der Waals surface area contributed by atoms with Crippen LogP contribution in [0.2, 0.25) is 5.82 Å². The Balaban J connectivity index is 1.83. The minimum atomic E-state index is -1.46. The highest BCUT2D eigenvalue weighted by Gasteiger charge is 2.31. The van der Waals surface area contributed by atoms with Gasteiger partial charge in [-0.2, -0.15) is 4.98 Å². The Bertz CT molecular complexity index is 1600. The van der Waals surface area contributed by atoms with Crippen molar-refractivity contribution in [1.29, 1.82) is 0 Å². The molecule has 1 fully saturated rings. The number of anilines is 1. The predicted octanol–water partition coefficient (Wildman–Crippen LogP) is 3.70. The molecule has 0 atom stereocenters. The van der Waals surface area contributed by atoms with Crippen LogP contribution >= 0.6 is 0 Å². The van der Waals surface area contributed by atoms with E-state index in [0.717, 1.165) is 12.1 Å². The van der Waals surface area contributed by atoms with E-state index in [9.17, 15) is 24.3 Å². The van der Waals surface area contributed by atoms with Gasteiger partial charge in [-0.25, -0.2) is 23.1 Å². The first-order valence-electron chi connectivity index (χ1n) is 12.8. The third-order valence-electron chi connectivity index (χ3n) is 7.22. The largest absolute Gasteiger partial charge is 0.507 e. The SMILES string of the molecule is Cc1ccnc(C(C)C)c1-n1c(=O)nc(N2CCC(B(O)O)CC2)c2cc(F)c(-c3c(O)cccc3F)nc21. The van der Waals surface area contributed by atoms with Crippen LogP contribution in [-0.4, -0.2) is 54.9 Å². The minimum absolute atomic E-state index is 0.0337. The molecule has 9 nitrogen and oxygen atoms in total. The van der Waals surface area contributed by atoms with Crippen LogP contribution in [0.4, 0.5) is 14.6 Å². The number of aromatic nitrogens is 4. The van der Waals surface area contributed by atoms with Gasteiger partial charge in [0.15, 0.2) is 11.5 Å². The highest BCUT2D eigenvalue weighted by Crippen LogP contribution is 2.37. The molecule has 0 saturated carbocycles. The van der Waals surface area contributed by atoms with Crippen LogP contribution in [0.25, 0.3) is 28.0 Å². The van der Waals surface area contributed by atoms with Crippen molar-refractivity contribution in [3.05, 3.63) is 69.9 Å². The second kappa shape index (κ2) is 10.3. The quantitative estimate of drug-likeness (QED) is 0.331. The van der Waals surface area contributed by atoms with E-state index in [-0.39, 0.29) is 28.6 Å². The van der Waals surface area contributed by atoms with Gasteiger partial charge in [0.05, 0.1) is 22.3 Å². The first kappa shape index (κ1) is 26.7. The number of phenolic OH excluding ortho intramolecular Hbond substituents is 1. The smallest absolute Gasteiger partial charge is 0.454 e. The zero-order chi connectivity index (χ0) is 28.0. The fourth-order valence-corrected chi connectivity index (χ4v) is 5.16. The van der Waals surface area contributed by atoms with Crippen molar-refractivity contribution in [2.75, 3.05) is 18.0 Å². The lowest BCUT2D eigenvalue weighted by molar-refractivity contribution is 0.364. The predicted molar refractivity (Wildman–Crippen MR) is 144 cm³/mol. The standard InChI is InChI=1S/C27H28BF2N5O4/c1-14(2)22-24(15(3)7-10-31-22)35-26-17(13-19(30)23(32-26)21-18(29)5-4-6-20(21)36)25(33-27(35)37)34-11-8-16(9-12-34)28(38)39/h4-7,10,13-14,16,36,38-39H,8-9,11-12H2,1-3H3. The molecule has 0 unspecified atom stereocenters. The average Bonchev–Trinajstić information content (AvgIpc) is 2.89. The molecule has 0 aliphatic carbocycles. The van der Waals surface area contributed by atoms with Crippen molar-refractivity contribution < 1.29 is 23.9 Å². The van der Waals surface area contributed by atoms with Crippen molar-refractivity contribution in [3.8, 4) is 22.7 Å². The molecule has 0 radical (unpaired) electrons. The van der Waals surface area contributed by atoms with Gasteiger partial charge in [-0.1, -0.05) is 19.9 Å². The molecule has 0 spiro atoms. The summed E-state index contributed by atoms with van der Waals surface area (Å²) in [4.78, 5) is 28.8. The highest BCUT2D eigenvalue weighted by atomic mass is 19.1. The van der Waals surface area contributed by atoms with Gasteiger partial charge >= 0.3 is 12.8 Å². The molecule has 5 rings (SSSR count). The van der Waals surface area contributed by atoms with Crippen LogP contribution in [0.3, 0.4) is 0 Å². The number of hydrogen-bond acceptors (Lipinski definition) is 8. The summed E-state index contributed by atoms with van der Waals surface area (Å²) in [5.74, 6) is -2.47. The summed E-state index contributed by atoms with van der Waals surface area (Å²) in [6, 6.07) is 6.51. The van der Waals surface area contributed by atoms with E-state index in [2.05, 4.69) is 15.0 Å². The molecule has 12 heteroatoms. The summed E-state index contributed by atoms with van der Waals surface area (Å²) < 4.78 is 31.7. The van der Waals surface area contributed by atoms with Crippen LogP contribution in [0.1, 0.15) is 43.9 Å². The summed E-state index contributed by atoms with van der Waals surface area (Å²) in [5.41, 5.74) is 0.260. The van der Waals surface area contributed by atoms with Gasteiger partial charge in [-0.3, -0.25) is 4.98 Å².